The summed E-state index contributed by atoms with van der Waals surface area (Å²) in [7, 11) is 0. The Bertz CT molecular complexity index is 862. The highest BCUT2D eigenvalue weighted by Crippen LogP contribution is 2.11. The molecule has 0 radical (unpaired) electrons. The van der Waals surface area contributed by atoms with Gasteiger partial charge in [0.15, 0.2) is 12.4 Å². The number of carbonyl (C=O) groups is 1. The lowest BCUT2D eigenvalue weighted by atomic mass is 10.3. The van der Waals surface area contributed by atoms with Crippen LogP contribution in [0.2, 0.25) is 0 Å². The normalized spacial score (nSPS) is 14.2. The van der Waals surface area contributed by atoms with Crippen LogP contribution in [0.5, 0.6) is 5.88 Å². The quantitative estimate of drug-likeness (QED) is 0.630. The van der Waals surface area contributed by atoms with E-state index < -0.39 is 0 Å². The molecule has 0 unspecified atom stereocenters. The van der Waals surface area contributed by atoms with E-state index in [0.29, 0.717) is 43.8 Å². The number of piperazine rings is 1. The number of anilines is 1. The molecule has 0 bridgehead atoms. The minimum atomic E-state index is -0.0819. The van der Waals surface area contributed by atoms with E-state index in [0.717, 1.165) is 0 Å². The highest BCUT2D eigenvalue weighted by Gasteiger charge is 2.22. The van der Waals surface area contributed by atoms with Gasteiger partial charge in [0.25, 0.3) is 5.91 Å². The molecule has 1 fully saturated rings. The molecule has 4 heterocycles. The van der Waals surface area contributed by atoms with Crippen LogP contribution in [0.25, 0.3) is 5.82 Å². The van der Waals surface area contributed by atoms with Crippen LogP contribution in [0.1, 0.15) is 0 Å². The molecule has 0 aliphatic carbocycles. The molecular weight excluding hydrogens is 348 g/mol. The molecule has 10 nitrogen and oxygen atoms in total. The van der Waals surface area contributed by atoms with E-state index in [1.807, 2.05) is 0 Å². The molecule has 1 saturated heterocycles. The van der Waals surface area contributed by atoms with E-state index in [2.05, 4.69) is 30.2 Å². The number of carbonyl (C=O) groups excluding carboxylic acids is 1. The highest BCUT2D eigenvalue weighted by molar-refractivity contribution is 5.78. The summed E-state index contributed by atoms with van der Waals surface area (Å²) in [5.41, 5.74) is 0. The Hall–Kier alpha value is -3.56. The summed E-state index contributed by atoms with van der Waals surface area (Å²) in [6.07, 6.45) is 6.86. The molecule has 3 aromatic heterocycles. The van der Waals surface area contributed by atoms with Gasteiger partial charge >= 0.3 is 0 Å². The van der Waals surface area contributed by atoms with E-state index in [9.17, 15) is 4.79 Å². The third-order valence-corrected chi connectivity index (χ3v) is 4.18. The molecule has 0 atom stereocenters. The Morgan fingerprint density at radius 2 is 1.81 bits per heavy atom. The van der Waals surface area contributed by atoms with Crippen molar-refractivity contribution in [1.29, 1.82) is 0 Å². The molecule has 10 heteroatoms. The second-order valence-corrected chi connectivity index (χ2v) is 5.89. The number of rotatable bonds is 5. The average Bonchev–Trinajstić information content (AvgIpc) is 3.28. The van der Waals surface area contributed by atoms with Crippen molar-refractivity contribution in [2.75, 3.05) is 37.7 Å². The predicted octanol–water partition coefficient (Wildman–Crippen LogP) is 0.180. The van der Waals surface area contributed by atoms with Crippen LogP contribution < -0.4 is 9.64 Å². The van der Waals surface area contributed by atoms with Crippen molar-refractivity contribution in [3.63, 3.8) is 0 Å². The van der Waals surface area contributed by atoms with E-state index in [1.165, 1.54) is 0 Å². The van der Waals surface area contributed by atoms with Gasteiger partial charge < -0.3 is 14.5 Å². The summed E-state index contributed by atoms with van der Waals surface area (Å²) in [6.45, 7) is 2.51. The Morgan fingerprint density at radius 1 is 1.00 bits per heavy atom. The molecule has 0 spiro atoms. The lowest BCUT2D eigenvalue weighted by Crippen LogP contribution is -2.50. The standard InChI is InChI=1S/C17H18N8O2/c26-16(23-9-11-24(12-10-23)17-18-5-1-6-19-17)13-27-15-4-3-14(21-22-15)25-8-2-7-20-25/h1-8H,9-13H2. The second-order valence-electron chi connectivity index (χ2n) is 5.89. The number of ether oxygens (including phenoxy) is 1. The maximum absolute atomic E-state index is 12.4. The number of aromatic nitrogens is 6. The van der Waals surface area contributed by atoms with E-state index in [1.54, 1.807) is 58.6 Å². The zero-order chi connectivity index (χ0) is 18.5. The van der Waals surface area contributed by atoms with Gasteiger partial charge in [-0.25, -0.2) is 14.6 Å². The molecule has 0 N–H and O–H groups in total. The molecule has 27 heavy (non-hydrogen) atoms. The lowest BCUT2D eigenvalue weighted by molar-refractivity contribution is -0.133. The van der Waals surface area contributed by atoms with E-state index >= 15 is 0 Å². The summed E-state index contributed by atoms with van der Waals surface area (Å²) in [5.74, 6) is 1.49. The first-order valence-electron chi connectivity index (χ1n) is 8.56. The van der Waals surface area contributed by atoms with Gasteiger partial charge in [-0.15, -0.1) is 10.2 Å². The molecule has 4 rings (SSSR count). The van der Waals surface area contributed by atoms with Gasteiger partial charge in [-0.1, -0.05) is 0 Å². The van der Waals surface area contributed by atoms with Crippen molar-refractivity contribution in [3.05, 3.63) is 49.1 Å². The van der Waals surface area contributed by atoms with Crippen molar-refractivity contribution >= 4 is 11.9 Å². The topological polar surface area (TPSA) is 102 Å². The smallest absolute Gasteiger partial charge is 0.260 e. The van der Waals surface area contributed by atoms with Gasteiger partial charge in [-0.3, -0.25) is 4.79 Å². The lowest BCUT2D eigenvalue weighted by Gasteiger charge is -2.34. The zero-order valence-electron chi connectivity index (χ0n) is 14.5. The Morgan fingerprint density at radius 3 is 2.48 bits per heavy atom. The molecule has 1 aliphatic rings. The second kappa shape index (κ2) is 7.77. The van der Waals surface area contributed by atoms with Gasteiger partial charge in [0.1, 0.15) is 0 Å². The summed E-state index contributed by atoms with van der Waals surface area (Å²) in [4.78, 5) is 24.7. The summed E-state index contributed by atoms with van der Waals surface area (Å²) >= 11 is 0. The average molecular weight is 366 g/mol. The van der Waals surface area contributed by atoms with Crippen LogP contribution in [0.3, 0.4) is 0 Å². The Labute approximate surface area is 155 Å². The largest absolute Gasteiger partial charge is 0.466 e. The van der Waals surface area contributed by atoms with Crippen LogP contribution >= 0.6 is 0 Å². The number of hydrogen-bond acceptors (Lipinski definition) is 8. The fourth-order valence-electron chi connectivity index (χ4n) is 2.75. The number of nitrogens with zero attached hydrogens (tertiary/aromatic N) is 8. The molecule has 1 amide bonds. The third kappa shape index (κ3) is 4.00. The highest BCUT2D eigenvalue weighted by atomic mass is 16.5. The summed E-state index contributed by atoms with van der Waals surface area (Å²) in [6, 6.07) is 6.99. The number of hydrogen-bond donors (Lipinski definition) is 0. The van der Waals surface area contributed by atoms with Gasteiger partial charge in [-0.2, -0.15) is 5.10 Å². The fourth-order valence-corrected chi connectivity index (χ4v) is 2.75. The Balaban J connectivity index is 1.26. The zero-order valence-corrected chi connectivity index (χ0v) is 14.5. The third-order valence-electron chi connectivity index (χ3n) is 4.18. The first-order chi connectivity index (χ1) is 13.3. The van der Waals surface area contributed by atoms with Gasteiger partial charge in [0.2, 0.25) is 11.8 Å². The van der Waals surface area contributed by atoms with Crippen LogP contribution in [0.15, 0.2) is 49.1 Å². The minimum Gasteiger partial charge on any atom is -0.466 e. The van der Waals surface area contributed by atoms with Crippen molar-refractivity contribution in [1.82, 2.24) is 34.8 Å². The fraction of sp³-hybridized carbons (Fsp3) is 0.294. The number of amides is 1. The van der Waals surface area contributed by atoms with Crippen LogP contribution in [0.4, 0.5) is 5.95 Å². The predicted molar refractivity (Wildman–Crippen MR) is 95.5 cm³/mol. The molecule has 3 aromatic rings. The van der Waals surface area contributed by atoms with Gasteiger partial charge in [0, 0.05) is 57.0 Å². The van der Waals surface area contributed by atoms with Crippen LogP contribution in [-0.2, 0) is 4.79 Å². The first-order valence-corrected chi connectivity index (χ1v) is 8.56. The summed E-state index contributed by atoms with van der Waals surface area (Å²) in [5, 5.41) is 12.1. The van der Waals surface area contributed by atoms with E-state index in [-0.39, 0.29) is 12.5 Å². The van der Waals surface area contributed by atoms with Crippen LogP contribution in [0, 0.1) is 0 Å². The Kier molecular flexibility index (Phi) is 4.86. The van der Waals surface area contributed by atoms with Crippen molar-refractivity contribution in [2.45, 2.75) is 0 Å². The first kappa shape index (κ1) is 16.9. The molecule has 138 valence electrons. The maximum atomic E-state index is 12.4. The van der Waals surface area contributed by atoms with Gasteiger partial charge in [0.05, 0.1) is 0 Å². The minimum absolute atomic E-state index is 0.0718. The molecule has 1 aliphatic heterocycles. The van der Waals surface area contributed by atoms with E-state index in [4.69, 9.17) is 4.74 Å². The SMILES string of the molecule is O=C(COc1ccc(-n2cccn2)nn1)N1CCN(c2ncccn2)CC1. The van der Waals surface area contributed by atoms with Crippen LogP contribution in [-0.4, -0.2) is 73.5 Å². The van der Waals surface area contributed by atoms with Crippen molar-refractivity contribution < 1.29 is 9.53 Å². The maximum Gasteiger partial charge on any atom is 0.260 e. The molecule has 0 aromatic carbocycles. The van der Waals surface area contributed by atoms with Crippen molar-refractivity contribution in [2.24, 2.45) is 0 Å². The molecular formula is C17H18N8O2. The van der Waals surface area contributed by atoms with Gasteiger partial charge in [-0.05, 0) is 18.2 Å². The molecule has 0 saturated carbocycles. The summed E-state index contributed by atoms with van der Waals surface area (Å²) < 4.78 is 7.07. The monoisotopic (exact) mass is 366 g/mol. The van der Waals surface area contributed by atoms with Crippen molar-refractivity contribution in [3.8, 4) is 11.7 Å².